The molecular weight excluding hydrogens is 228 g/mol. The highest BCUT2D eigenvalue weighted by Gasteiger charge is 2.10. The van der Waals surface area contributed by atoms with E-state index in [1.165, 1.54) is 23.7 Å². The fourth-order valence-corrected chi connectivity index (χ4v) is 1.74. The Morgan fingerprint density at radius 3 is 2.94 bits per heavy atom. The van der Waals surface area contributed by atoms with Gasteiger partial charge in [-0.15, -0.1) is 0 Å². The minimum atomic E-state index is -0.436. The molecule has 2 aromatic rings. The third kappa shape index (κ3) is 1.98. The fraction of sp³-hybridized carbons (Fsp3) is 0.111. The molecule has 1 aromatic carbocycles. The molecule has 0 bridgehead atoms. The molecule has 0 aliphatic rings. The number of nitro groups is 1. The van der Waals surface area contributed by atoms with E-state index in [2.05, 4.69) is 14.7 Å². The third-order valence-electron chi connectivity index (χ3n) is 1.96. The molecule has 0 aliphatic heterocycles. The van der Waals surface area contributed by atoms with E-state index in [0.29, 0.717) is 16.5 Å². The Kier molecular flexibility index (Phi) is 2.78. The van der Waals surface area contributed by atoms with Gasteiger partial charge < -0.3 is 5.32 Å². The Hall–Kier alpha value is -2.02. The second kappa shape index (κ2) is 4.23. The summed E-state index contributed by atoms with van der Waals surface area (Å²) in [4.78, 5) is 14.3. The lowest BCUT2D eigenvalue weighted by molar-refractivity contribution is -0.384. The van der Waals surface area contributed by atoms with E-state index in [1.807, 2.05) is 0 Å². The maximum atomic E-state index is 10.6. The highest BCUT2D eigenvalue weighted by Crippen LogP contribution is 2.24. The van der Waals surface area contributed by atoms with Crippen molar-refractivity contribution < 1.29 is 4.92 Å². The Labute approximate surface area is 95.3 Å². The van der Waals surface area contributed by atoms with Crippen LogP contribution in [0.1, 0.15) is 0 Å². The van der Waals surface area contributed by atoms with Gasteiger partial charge in [-0.1, -0.05) is 12.1 Å². The van der Waals surface area contributed by atoms with Crippen LogP contribution in [0.4, 0.5) is 10.8 Å². The molecule has 82 valence electrons. The Morgan fingerprint density at radius 1 is 1.50 bits per heavy atom. The molecule has 0 spiro atoms. The molecule has 0 radical (unpaired) electrons. The highest BCUT2D eigenvalue weighted by atomic mass is 32.1. The maximum absolute atomic E-state index is 10.6. The van der Waals surface area contributed by atoms with Gasteiger partial charge in [0.1, 0.15) is 0 Å². The first-order valence-corrected chi connectivity index (χ1v) is 5.24. The van der Waals surface area contributed by atoms with Gasteiger partial charge in [-0.2, -0.15) is 9.36 Å². The summed E-state index contributed by atoms with van der Waals surface area (Å²) in [5.41, 5.74) is 0.685. The van der Waals surface area contributed by atoms with Crippen molar-refractivity contribution in [1.29, 1.82) is 0 Å². The van der Waals surface area contributed by atoms with Crippen molar-refractivity contribution >= 4 is 22.4 Å². The van der Waals surface area contributed by atoms with Crippen LogP contribution in [-0.2, 0) is 0 Å². The molecule has 6 nitrogen and oxygen atoms in total. The molecule has 0 unspecified atom stereocenters. The number of nitrogens with zero attached hydrogens (tertiary/aromatic N) is 3. The summed E-state index contributed by atoms with van der Waals surface area (Å²) in [6, 6.07) is 6.26. The average molecular weight is 236 g/mol. The number of rotatable bonds is 3. The lowest BCUT2D eigenvalue weighted by atomic mass is 10.2. The smallest absolute Gasteiger partial charge is 0.270 e. The van der Waals surface area contributed by atoms with Gasteiger partial charge in [-0.25, -0.2) is 0 Å². The number of hydrogen-bond donors (Lipinski definition) is 1. The number of hydrogen-bond acceptors (Lipinski definition) is 6. The average Bonchev–Trinajstić information content (AvgIpc) is 2.77. The third-order valence-corrected chi connectivity index (χ3v) is 2.69. The number of non-ortho nitro benzene ring substituents is 1. The van der Waals surface area contributed by atoms with Crippen molar-refractivity contribution in [3.05, 3.63) is 34.4 Å². The van der Waals surface area contributed by atoms with Crippen LogP contribution in [-0.4, -0.2) is 21.3 Å². The van der Waals surface area contributed by atoms with Crippen molar-refractivity contribution in [2.75, 3.05) is 12.4 Å². The monoisotopic (exact) mass is 236 g/mol. The lowest BCUT2D eigenvalue weighted by Crippen LogP contribution is -1.89. The van der Waals surface area contributed by atoms with Gasteiger partial charge in [0.15, 0.2) is 5.82 Å². The molecule has 1 aromatic heterocycles. The van der Waals surface area contributed by atoms with Gasteiger partial charge in [0.2, 0.25) is 5.13 Å². The van der Waals surface area contributed by atoms with Crippen LogP contribution < -0.4 is 5.32 Å². The summed E-state index contributed by atoms with van der Waals surface area (Å²) < 4.78 is 4.10. The zero-order valence-corrected chi connectivity index (χ0v) is 9.19. The Bertz CT molecular complexity index is 526. The van der Waals surface area contributed by atoms with Gasteiger partial charge in [0.25, 0.3) is 5.69 Å². The van der Waals surface area contributed by atoms with Crippen molar-refractivity contribution in [2.45, 2.75) is 0 Å². The molecule has 0 amide bonds. The van der Waals surface area contributed by atoms with Crippen LogP contribution in [0.2, 0.25) is 0 Å². The van der Waals surface area contributed by atoms with Crippen LogP contribution in [0.5, 0.6) is 0 Å². The first-order chi connectivity index (χ1) is 7.70. The fourth-order valence-electron chi connectivity index (χ4n) is 1.20. The minimum absolute atomic E-state index is 0.0401. The summed E-state index contributed by atoms with van der Waals surface area (Å²) >= 11 is 1.22. The van der Waals surface area contributed by atoms with E-state index in [9.17, 15) is 10.1 Å². The van der Waals surface area contributed by atoms with Crippen molar-refractivity contribution in [3.8, 4) is 11.4 Å². The number of nitrogens with one attached hydrogen (secondary N) is 1. The molecule has 1 N–H and O–H groups in total. The van der Waals surface area contributed by atoms with Crippen LogP contribution in [0.15, 0.2) is 24.3 Å². The van der Waals surface area contributed by atoms with E-state index < -0.39 is 4.92 Å². The molecular formula is C9H8N4O2S. The number of benzene rings is 1. The quantitative estimate of drug-likeness (QED) is 0.652. The molecule has 1 heterocycles. The summed E-state index contributed by atoms with van der Waals surface area (Å²) in [6.45, 7) is 0. The predicted molar refractivity (Wildman–Crippen MR) is 61.5 cm³/mol. The van der Waals surface area contributed by atoms with E-state index in [-0.39, 0.29) is 5.69 Å². The lowest BCUT2D eigenvalue weighted by Gasteiger charge is -1.95. The van der Waals surface area contributed by atoms with Gasteiger partial charge >= 0.3 is 0 Å². The van der Waals surface area contributed by atoms with Gasteiger partial charge in [-0.05, 0) is 0 Å². The van der Waals surface area contributed by atoms with Crippen molar-refractivity contribution in [3.63, 3.8) is 0 Å². The highest BCUT2D eigenvalue weighted by molar-refractivity contribution is 7.09. The van der Waals surface area contributed by atoms with E-state index in [0.717, 1.165) is 0 Å². The Morgan fingerprint density at radius 2 is 2.31 bits per heavy atom. The molecule has 0 fully saturated rings. The molecule has 0 saturated carbocycles. The number of nitro benzene ring substituents is 1. The first kappa shape index (κ1) is 10.5. The molecule has 0 saturated heterocycles. The van der Waals surface area contributed by atoms with Crippen LogP contribution >= 0.6 is 11.5 Å². The van der Waals surface area contributed by atoms with E-state index >= 15 is 0 Å². The normalized spacial score (nSPS) is 10.1. The van der Waals surface area contributed by atoms with E-state index in [4.69, 9.17) is 0 Å². The summed E-state index contributed by atoms with van der Waals surface area (Å²) in [6.07, 6.45) is 0. The second-order valence-corrected chi connectivity index (χ2v) is 3.73. The second-order valence-electron chi connectivity index (χ2n) is 2.98. The van der Waals surface area contributed by atoms with Crippen molar-refractivity contribution in [2.24, 2.45) is 0 Å². The first-order valence-electron chi connectivity index (χ1n) is 4.47. The Balaban J connectivity index is 2.40. The zero-order chi connectivity index (χ0) is 11.5. The molecule has 0 aliphatic carbocycles. The maximum Gasteiger partial charge on any atom is 0.270 e. The van der Waals surface area contributed by atoms with Crippen molar-refractivity contribution in [1.82, 2.24) is 9.36 Å². The molecule has 16 heavy (non-hydrogen) atoms. The zero-order valence-electron chi connectivity index (χ0n) is 8.38. The van der Waals surface area contributed by atoms with Gasteiger partial charge in [0, 0.05) is 36.3 Å². The van der Waals surface area contributed by atoms with E-state index in [1.54, 1.807) is 19.2 Å². The summed E-state index contributed by atoms with van der Waals surface area (Å²) in [5.74, 6) is 0.498. The standard InChI is InChI=1S/C9H8N4O2S/c1-10-9-11-8(12-16-9)6-3-2-4-7(5-6)13(14)15/h2-5H,1H3,(H,10,11,12). The number of anilines is 1. The van der Waals surface area contributed by atoms with Crippen LogP contribution in [0.3, 0.4) is 0 Å². The largest absolute Gasteiger partial charge is 0.363 e. The summed E-state index contributed by atoms with van der Waals surface area (Å²) in [7, 11) is 1.75. The minimum Gasteiger partial charge on any atom is -0.363 e. The van der Waals surface area contributed by atoms with Gasteiger partial charge in [0.05, 0.1) is 4.92 Å². The summed E-state index contributed by atoms with van der Waals surface area (Å²) in [5, 5.41) is 14.1. The topological polar surface area (TPSA) is 81.0 Å². The van der Waals surface area contributed by atoms with Gasteiger partial charge in [-0.3, -0.25) is 10.1 Å². The SMILES string of the molecule is CNc1nc(-c2cccc([N+](=O)[O-])c2)ns1. The predicted octanol–water partition coefficient (Wildman–Crippen LogP) is 2.16. The number of aromatic nitrogens is 2. The molecule has 7 heteroatoms. The molecule has 2 rings (SSSR count). The van der Waals surface area contributed by atoms with Crippen LogP contribution in [0.25, 0.3) is 11.4 Å². The van der Waals surface area contributed by atoms with Crippen LogP contribution in [0, 0.1) is 10.1 Å². The molecule has 0 atom stereocenters.